The summed E-state index contributed by atoms with van der Waals surface area (Å²) in [5, 5.41) is 3.82. The van der Waals surface area contributed by atoms with Crippen molar-refractivity contribution < 1.29 is 0 Å². The molecule has 1 nitrogen and oxygen atoms in total. The Morgan fingerprint density at radius 1 is 1.15 bits per heavy atom. The molecule has 0 radical (unpaired) electrons. The highest BCUT2D eigenvalue weighted by molar-refractivity contribution is 4.89. The van der Waals surface area contributed by atoms with Crippen LogP contribution in [0, 0.1) is 30.1 Å². The molecular weight excluding hydrogens is 242 g/mol. The van der Waals surface area contributed by atoms with Crippen LogP contribution in [0.5, 0.6) is 0 Å². The number of fused-ring (bicyclic) bond motifs is 1. The molecule has 20 heavy (non-hydrogen) atoms. The molecule has 0 saturated heterocycles. The van der Waals surface area contributed by atoms with Crippen LogP contribution in [0.1, 0.15) is 77.6 Å². The summed E-state index contributed by atoms with van der Waals surface area (Å²) in [4.78, 5) is 0. The van der Waals surface area contributed by atoms with E-state index in [9.17, 15) is 0 Å². The number of hydrogen-bond acceptors (Lipinski definition) is 1. The number of unbranched alkanes of at least 4 members (excludes halogenated alkanes) is 1. The first kappa shape index (κ1) is 15.9. The van der Waals surface area contributed by atoms with Crippen LogP contribution >= 0.6 is 0 Å². The summed E-state index contributed by atoms with van der Waals surface area (Å²) in [6.07, 6.45) is 20.5. The van der Waals surface area contributed by atoms with E-state index in [4.69, 9.17) is 6.42 Å². The van der Waals surface area contributed by atoms with Crippen molar-refractivity contribution in [3.63, 3.8) is 0 Å². The van der Waals surface area contributed by atoms with Crippen molar-refractivity contribution in [1.29, 1.82) is 0 Å². The van der Waals surface area contributed by atoms with Gasteiger partial charge < -0.3 is 5.32 Å². The van der Waals surface area contributed by atoms with E-state index in [1.807, 2.05) is 0 Å². The smallest absolute Gasteiger partial charge is 0.00957 e. The summed E-state index contributed by atoms with van der Waals surface area (Å²) in [5.41, 5.74) is 0. The van der Waals surface area contributed by atoms with Gasteiger partial charge in [0.25, 0.3) is 0 Å². The fourth-order valence-electron chi connectivity index (χ4n) is 4.53. The SMILES string of the molecule is C#CCCCC(NCCC)C1CCC2CCCCC2C1. The Bertz CT molecular complexity index is 303. The Morgan fingerprint density at radius 2 is 1.95 bits per heavy atom. The minimum Gasteiger partial charge on any atom is -0.314 e. The topological polar surface area (TPSA) is 12.0 Å². The zero-order valence-electron chi connectivity index (χ0n) is 13.4. The van der Waals surface area contributed by atoms with Gasteiger partial charge in [-0.25, -0.2) is 0 Å². The lowest BCUT2D eigenvalue weighted by Crippen LogP contribution is -2.41. The lowest BCUT2D eigenvalue weighted by molar-refractivity contribution is 0.107. The van der Waals surface area contributed by atoms with Crippen molar-refractivity contribution >= 4 is 0 Å². The van der Waals surface area contributed by atoms with E-state index < -0.39 is 0 Å². The van der Waals surface area contributed by atoms with E-state index >= 15 is 0 Å². The van der Waals surface area contributed by atoms with Gasteiger partial charge >= 0.3 is 0 Å². The molecule has 2 saturated carbocycles. The van der Waals surface area contributed by atoms with Gasteiger partial charge in [-0.05, 0) is 62.8 Å². The van der Waals surface area contributed by atoms with E-state index in [-0.39, 0.29) is 0 Å². The van der Waals surface area contributed by atoms with Crippen molar-refractivity contribution in [3.05, 3.63) is 0 Å². The van der Waals surface area contributed by atoms with Crippen LogP contribution < -0.4 is 5.32 Å². The largest absolute Gasteiger partial charge is 0.314 e. The predicted molar refractivity (Wildman–Crippen MR) is 87.6 cm³/mol. The van der Waals surface area contributed by atoms with E-state index in [0.29, 0.717) is 0 Å². The van der Waals surface area contributed by atoms with Crippen LogP contribution in [0.25, 0.3) is 0 Å². The maximum atomic E-state index is 5.41. The molecule has 114 valence electrons. The van der Waals surface area contributed by atoms with Crippen LogP contribution in [0.4, 0.5) is 0 Å². The third kappa shape index (κ3) is 4.52. The van der Waals surface area contributed by atoms with Gasteiger partial charge in [-0.1, -0.05) is 32.6 Å². The Hall–Kier alpha value is -0.480. The highest BCUT2D eigenvalue weighted by Crippen LogP contribution is 2.44. The maximum absolute atomic E-state index is 5.41. The van der Waals surface area contributed by atoms with Gasteiger partial charge in [-0.2, -0.15) is 0 Å². The van der Waals surface area contributed by atoms with Crippen LogP contribution in [0.15, 0.2) is 0 Å². The van der Waals surface area contributed by atoms with Crippen LogP contribution in [0.2, 0.25) is 0 Å². The standard InChI is InChI=1S/C19H33N/c1-3-5-6-11-19(20-14-4-2)18-13-12-16-9-7-8-10-17(16)15-18/h1,16-20H,4-15H2,2H3. The lowest BCUT2D eigenvalue weighted by Gasteiger charge is -2.42. The van der Waals surface area contributed by atoms with Gasteiger partial charge in [0.2, 0.25) is 0 Å². The van der Waals surface area contributed by atoms with Crippen LogP contribution in [0.3, 0.4) is 0 Å². The van der Waals surface area contributed by atoms with E-state index in [2.05, 4.69) is 18.2 Å². The van der Waals surface area contributed by atoms with Gasteiger partial charge in [-0.3, -0.25) is 0 Å². The molecule has 0 aliphatic heterocycles. The molecule has 4 atom stereocenters. The third-order valence-corrected chi connectivity index (χ3v) is 5.64. The Kier molecular flexibility index (Phi) is 6.94. The first-order chi connectivity index (χ1) is 9.85. The van der Waals surface area contributed by atoms with Crippen molar-refractivity contribution in [2.75, 3.05) is 6.54 Å². The van der Waals surface area contributed by atoms with Crippen molar-refractivity contribution in [1.82, 2.24) is 5.32 Å². The second-order valence-electron chi connectivity index (χ2n) is 7.03. The summed E-state index contributed by atoms with van der Waals surface area (Å²) in [6, 6.07) is 0.728. The van der Waals surface area contributed by atoms with Crippen molar-refractivity contribution in [3.8, 4) is 12.3 Å². The molecule has 0 bridgehead atoms. The molecule has 2 fully saturated rings. The van der Waals surface area contributed by atoms with Crippen molar-refractivity contribution in [2.24, 2.45) is 17.8 Å². The molecule has 4 unspecified atom stereocenters. The molecule has 0 amide bonds. The van der Waals surface area contributed by atoms with Crippen LogP contribution in [-0.2, 0) is 0 Å². The van der Waals surface area contributed by atoms with Gasteiger partial charge in [0.05, 0.1) is 0 Å². The maximum Gasteiger partial charge on any atom is 0.00957 e. The second-order valence-corrected chi connectivity index (χ2v) is 7.03. The summed E-state index contributed by atoms with van der Waals surface area (Å²) in [6.45, 7) is 3.44. The third-order valence-electron chi connectivity index (χ3n) is 5.64. The normalized spacial score (nSPS) is 31.3. The molecule has 2 aliphatic rings. The molecule has 0 spiro atoms. The molecule has 2 aliphatic carbocycles. The first-order valence-electron chi connectivity index (χ1n) is 9.02. The average Bonchev–Trinajstić information content (AvgIpc) is 2.50. The lowest BCUT2D eigenvalue weighted by atomic mass is 9.65. The minimum absolute atomic E-state index is 0.728. The number of rotatable bonds is 7. The average molecular weight is 275 g/mol. The monoisotopic (exact) mass is 275 g/mol. The predicted octanol–water partition coefficient (Wildman–Crippen LogP) is 4.76. The second kappa shape index (κ2) is 8.73. The highest BCUT2D eigenvalue weighted by atomic mass is 14.9. The number of hydrogen-bond donors (Lipinski definition) is 1. The minimum atomic E-state index is 0.728. The summed E-state index contributed by atoms with van der Waals surface area (Å²) in [5.74, 6) is 5.82. The van der Waals surface area contributed by atoms with Gasteiger partial charge in [0, 0.05) is 12.5 Å². The molecule has 0 aromatic heterocycles. The summed E-state index contributed by atoms with van der Waals surface area (Å²) >= 11 is 0. The first-order valence-corrected chi connectivity index (χ1v) is 9.02. The van der Waals surface area contributed by atoms with E-state index in [0.717, 1.165) is 30.2 Å². The molecule has 2 rings (SSSR count). The Labute approximate surface area is 126 Å². The number of nitrogens with one attached hydrogen (secondary N) is 1. The highest BCUT2D eigenvalue weighted by Gasteiger charge is 2.34. The molecule has 1 N–H and O–H groups in total. The van der Waals surface area contributed by atoms with E-state index in [1.165, 1.54) is 70.8 Å². The molecule has 0 aromatic rings. The zero-order chi connectivity index (χ0) is 14.2. The Morgan fingerprint density at radius 3 is 2.70 bits per heavy atom. The summed E-state index contributed by atoms with van der Waals surface area (Å²) < 4.78 is 0. The molecule has 0 aromatic carbocycles. The zero-order valence-corrected chi connectivity index (χ0v) is 13.4. The van der Waals surface area contributed by atoms with Crippen molar-refractivity contribution in [2.45, 2.75) is 83.6 Å². The van der Waals surface area contributed by atoms with Gasteiger partial charge in [0.15, 0.2) is 0 Å². The van der Waals surface area contributed by atoms with Crippen LogP contribution in [-0.4, -0.2) is 12.6 Å². The van der Waals surface area contributed by atoms with E-state index in [1.54, 1.807) is 0 Å². The Balaban J connectivity index is 1.85. The fraction of sp³-hybridized carbons (Fsp3) is 0.895. The quantitative estimate of drug-likeness (QED) is 0.521. The molecule has 0 heterocycles. The number of terminal acetylenes is 1. The summed E-state index contributed by atoms with van der Waals surface area (Å²) in [7, 11) is 0. The van der Waals surface area contributed by atoms with Gasteiger partial charge in [0.1, 0.15) is 0 Å². The molecular formula is C19H33N. The fourth-order valence-corrected chi connectivity index (χ4v) is 4.53. The van der Waals surface area contributed by atoms with Gasteiger partial charge in [-0.15, -0.1) is 12.3 Å². The molecule has 1 heteroatoms.